The number of anilines is 2. The molecule has 3 rings (SSSR count). The molecule has 2 aromatic rings. The second kappa shape index (κ2) is 5.52. The predicted octanol–water partition coefficient (Wildman–Crippen LogP) is 2.97. The summed E-state index contributed by atoms with van der Waals surface area (Å²) in [4.78, 5) is 8.15. The van der Waals surface area contributed by atoms with Crippen molar-refractivity contribution in [2.45, 2.75) is 38.1 Å². The number of hydrogen-bond acceptors (Lipinski definition) is 5. The monoisotopic (exact) mass is 285 g/mol. The Morgan fingerprint density at radius 3 is 2.62 bits per heavy atom. The van der Waals surface area contributed by atoms with E-state index < -0.39 is 0 Å². The van der Waals surface area contributed by atoms with Gasteiger partial charge in [-0.05, 0) is 18.9 Å². The molecule has 0 radical (unpaired) electrons. The Labute approximate surface area is 122 Å². The van der Waals surface area contributed by atoms with E-state index in [-0.39, 0.29) is 17.3 Å². The third kappa shape index (κ3) is 2.72. The van der Waals surface area contributed by atoms with Crippen molar-refractivity contribution in [1.29, 1.82) is 5.26 Å². The summed E-state index contributed by atoms with van der Waals surface area (Å²) in [6, 6.07) is 5.07. The smallest absolute Gasteiger partial charge is 0.183 e. The Hall–Kier alpha value is -2.42. The van der Waals surface area contributed by atoms with Gasteiger partial charge in [-0.1, -0.05) is 19.3 Å². The van der Waals surface area contributed by atoms with E-state index in [0.29, 0.717) is 22.8 Å². The summed E-state index contributed by atoms with van der Waals surface area (Å²) < 4.78 is 14.2. The molecular formula is C15H16FN5. The molecule has 108 valence electrons. The molecule has 5 nitrogen and oxygen atoms in total. The highest BCUT2D eigenvalue weighted by Gasteiger charge is 2.16. The number of nitriles is 1. The first kappa shape index (κ1) is 13.6. The zero-order valence-electron chi connectivity index (χ0n) is 11.6. The Kier molecular flexibility index (Phi) is 3.57. The number of halogens is 1. The molecule has 21 heavy (non-hydrogen) atoms. The molecule has 1 aromatic heterocycles. The molecule has 3 N–H and O–H groups in total. The van der Waals surface area contributed by atoms with E-state index in [1.165, 1.54) is 25.3 Å². The van der Waals surface area contributed by atoms with Crippen molar-refractivity contribution in [3.8, 4) is 6.07 Å². The number of nitrogens with two attached hydrogens (primary N) is 1. The highest BCUT2D eigenvalue weighted by atomic mass is 19.1. The van der Waals surface area contributed by atoms with Crippen LogP contribution in [0.4, 0.5) is 15.9 Å². The second-order valence-corrected chi connectivity index (χ2v) is 5.37. The Morgan fingerprint density at radius 2 is 1.90 bits per heavy atom. The van der Waals surface area contributed by atoms with Gasteiger partial charge >= 0.3 is 0 Å². The molecule has 6 heteroatoms. The molecule has 0 unspecified atom stereocenters. The third-order valence-corrected chi connectivity index (χ3v) is 3.85. The van der Waals surface area contributed by atoms with Gasteiger partial charge in [-0.25, -0.2) is 14.4 Å². The van der Waals surface area contributed by atoms with Crippen LogP contribution >= 0.6 is 0 Å². The standard InChI is InChI=1S/C15H16FN5/c16-10-6-12-13(21-15(18)14(8-17)20-12)7-11(10)19-9-4-2-1-3-5-9/h6-7,9,19H,1-5H2,(H2,18,21). The van der Waals surface area contributed by atoms with Gasteiger partial charge in [0.05, 0.1) is 16.7 Å². The van der Waals surface area contributed by atoms with Gasteiger partial charge in [0.1, 0.15) is 11.9 Å². The molecule has 1 aliphatic carbocycles. The molecule has 1 saturated carbocycles. The van der Waals surface area contributed by atoms with Crippen molar-refractivity contribution in [1.82, 2.24) is 9.97 Å². The zero-order chi connectivity index (χ0) is 14.8. The van der Waals surface area contributed by atoms with Crippen LogP contribution < -0.4 is 11.1 Å². The SMILES string of the molecule is N#Cc1nc2cc(F)c(NC3CCCCC3)cc2nc1N. The first-order valence-electron chi connectivity index (χ1n) is 7.11. The summed E-state index contributed by atoms with van der Waals surface area (Å²) in [5.41, 5.74) is 6.94. The maximum atomic E-state index is 14.2. The summed E-state index contributed by atoms with van der Waals surface area (Å²) in [6.07, 6.45) is 5.70. The molecule has 1 aromatic carbocycles. The number of nitrogens with one attached hydrogen (secondary N) is 1. The molecule has 0 saturated heterocycles. The quantitative estimate of drug-likeness (QED) is 0.885. The van der Waals surface area contributed by atoms with Gasteiger partial charge in [-0.15, -0.1) is 0 Å². The van der Waals surface area contributed by atoms with Crippen LogP contribution in [0.5, 0.6) is 0 Å². The molecule has 0 bridgehead atoms. The maximum absolute atomic E-state index is 14.2. The summed E-state index contributed by atoms with van der Waals surface area (Å²) in [5, 5.41) is 12.1. The molecule has 0 aliphatic heterocycles. The average molecular weight is 285 g/mol. The number of rotatable bonds is 2. The Morgan fingerprint density at radius 1 is 1.19 bits per heavy atom. The minimum Gasteiger partial charge on any atom is -0.381 e. The summed E-state index contributed by atoms with van der Waals surface area (Å²) >= 11 is 0. The minimum absolute atomic E-state index is 0.0230. The van der Waals surface area contributed by atoms with Crippen molar-refractivity contribution in [2.24, 2.45) is 0 Å². The van der Waals surface area contributed by atoms with E-state index in [4.69, 9.17) is 11.0 Å². The van der Waals surface area contributed by atoms with Gasteiger partial charge in [-0.3, -0.25) is 0 Å². The topological polar surface area (TPSA) is 87.6 Å². The summed E-state index contributed by atoms with van der Waals surface area (Å²) in [7, 11) is 0. The number of fused-ring (bicyclic) bond motifs is 1. The summed E-state index contributed by atoms with van der Waals surface area (Å²) in [5.74, 6) is -0.309. The van der Waals surface area contributed by atoms with Gasteiger partial charge in [0, 0.05) is 12.1 Å². The van der Waals surface area contributed by atoms with Crippen LogP contribution in [0, 0.1) is 17.1 Å². The Bertz CT molecular complexity index is 716. The summed E-state index contributed by atoms with van der Waals surface area (Å²) in [6.45, 7) is 0. The van der Waals surface area contributed by atoms with Crippen LogP contribution in [0.15, 0.2) is 12.1 Å². The lowest BCUT2D eigenvalue weighted by molar-refractivity contribution is 0.460. The van der Waals surface area contributed by atoms with E-state index in [2.05, 4.69) is 15.3 Å². The fraction of sp³-hybridized carbons (Fsp3) is 0.400. The first-order valence-corrected chi connectivity index (χ1v) is 7.11. The van der Waals surface area contributed by atoms with Crippen LogP contribution in [0.25, 0.3) is 11.0 Å². The van der Waals surface area contributed by atoms with Crippen molar-refractivity contribution in [3.05, 3.63) is 23.6 Å². The van der Waals surface area contributed by atoms with Gasteiger partial charge < -0.3 is 11.1 Å². The molecule has 1 fully saturated rings. The van der Waals surface area contributed by atoms with E-state index in [1.54, 1.807) is 6.07 Å². The fourth-order valence-corrected chi connectivity index (χ4v) is 2.75. The average Bonchev–Trinajstić information content (AvgIpc) is 2.49. The lowest BCUT2D eigenvalue weighted by atomic mass is 9.95. The van der Waals surface area contributed by atoms with Crippen LogP contribution in [0.2, 0.25) is 0 Å². The van der Waals surface area contributed by atoms with Crippen molar-refractivity contribution < 1.29 is 4.39 Å². The van der Waals surface area contributed by atoms with E-state index in [0.717, 1.165) is 12.8 Å². The highest BCUT2D eigenvalue weighted by Crippen LogP contribution is 2.26. The number of benzene rings is 1. The third-order valence-electron chi connectivity index (χ3n) is 3.85. The first-order chi connectivity index (χ1) is 10.2. The highest BCUT2D eigenvalue weighted by molar-refractivity contribution is 5.81. The molecule has 0 amide bonds. The van der Waals surface area contributed by atoms with Crippen molar-refractivity contribution in [3.63, 3.8) is 0 Å². The normalized spacial score (nSPS) is 15.8. The van der Waals surface area contributed by atoms with Crippen LogP contribution in [-0.4, -0.2) is 16.0 Å². The Balaban J connectivity index is 1.96. The predicted molar refractivity (Wildman–Crippen MR) is 79.1 cm³/mol. The molecule has 0 spiro atoms. The lowest BCUT2D eigenvalue weighted by Gasteiger charge is -2.24. The van der Waals surface area contributed by atoms with Crippen LogP contribution in [-0.2, 0) is 0 Å². The molecule has 1 heterocycles. The lowest BCUT2D eigenvalue weighted by Crippen LogP contribution is -2.22. The number of nitrogens with zero attached hydrogens (tertiary/aromatic N) is 3. The zero-order valence-corrected chi connectivity index (χ0v) is 11.6. The molecular weight excluding hydrogens is 269 g/mol. The van der Waals surface area contributed by atoms with Gasteiger partial charge in [0.15, 0.2) is 11.5 Å². The van der Waals surface area contributed by atoms with Gasteiger partial charge in [0.25, 0.3) is 0 Å². The van der Waals surface area contributed by atoms with E-state index in [1.807, 2.05) is 6.07 Å². The number of hydrogen-bond donors (Lipinski definition) is 2. The molecule has 1 aliphatic rings. The van der Waals surface area contributed by atoms with Crippen molar-refractivity contribution in [2.75, 3.05) is 11.1 Å². The minimum atomic E-state index is -0.379. The number of aromatic nitrogens is 2. The fourth-order valence-electron chi connectivity index (χ4n) is 2.75. The van der Waals surface area contributed by atoms with Crippen molar-refractivity contribution >= 4 is 22.5 Å². The maximum Gasteiger partial charge on any atom is 0.183 e. The largest absolute Gasteiger partial charge is 0.381 e. The number of nitrogen functional groups attached to an aromatic ring is 1. The van der Waals surface area contributed by atoms with Crippen LogP contribution in [0.1, 0.15) is 37.8 Å². The van der Waals surface area contributed by atoms with Gasteiger partial charge in [-0.2, -0.15) is 5.26 Å². The molecule has 0 atom stereocenters. The van der Waals surface area contributed by atoms with Gasteiger partial charge in [0.2, 0.25) is 0 Å². The van der Waals surface area contributed by atoms with E-state index >= 15 is 0 Å². The second-order valence-electron chi connectivity index (χ2n) is 5.37. The van der Waals surface area contributed by atoms with Crippen LogP contribution in [0.3, 0.4) is 0 Å². The van der Waals surface area contributed by atoms with E-state index in [9.17, 15) is 4.39 Å².